The van der Waals surface area contributed by atoms with E-state index < -0.39 is 11.8 Å². The molecule has 3 N–H and O–H groups in total. The fourth-order valence-corrected chi connectivity index (χ4v) is 3.12. The van der Waals surface area contributed by atoms with Crippen LogP contribution in [0.5, 0.6) is 11.6 Å². The minimum absolute atomic E-state index is 0.0967. The first-order valence-corrected chi connectivity index (χ1v) is 8.99. The Morgan fingerprint density at radius 1 is 1.14 bits per heavy atom. The smallest absolute Gasteiger partial charge is 0.313 e. The lowest BCUT2D eigenvalue weighted by atomic mass is 9.94. The number of carbonyl (C=O) groups is 2. The number of aryl methyl sites for hydroxylation is 1. The van der Waals surface area contributed by atoms with Crippen molar-refractivity contribution in [2.75, 3.05) is 5.32 Å². The van der Waals surface area contributed by atoms with Crippen molar-refractivity contribution in [2.24, 2.45) is 0 Å². The van der Waals surface area contributed by atoms with Gasteiger partial charge in [-0.3, -0.25) is 14.7 Å². The highest BCUT2D eigenvalue weighted by atomic mass is 16.5. The molecule has 142 valence electrons. The van der Waals surface area contributed by atoms with Gasteiger partial charge in [0.25, 0.3) is 0 Å². The average Bonchev–Trinajstić information content (AvgIpc) is 3.17. The number of pyridine rings is 1. The van der Waals surface area contributed by atoms with Crippen LogP contribution in [-0.2, 0) is 22.4 Å². The zero-order valence-electron chi connectivity index (χ0n) is 15.0. The molecule has 2 aromatic heterocycles. The monoisotopic (exact) mass is 377 g/mol. The highest BCUT2D eigenvalue weighted by Gasteiger charge is 2.24. The average molecular weight is 377 g/mol. The van der Waals surface area contributed by atoms with E-state index in [2.05, 4.69) is 25.8 Å². The van der Waals surface area contributed by atoms with Gasteiger partial charge in [-0.15, -0.1) is 0 Å². The SMILES string of the molecule is O=C(Nc1ccnc(Oc2ccccc2)c1)C(=O)NC1CCc2cn[nH]c2C1. The van der Waals surface area contributed by atoms with Crippen molar-refractivity contribution in [1.29, 1.82) is 0 Å². The van der Waals surface area contributed by atoms with E-state index in [4.69, 9.17) is 4.74 Å². The fraction of sp³-hybridized carbons (Fsp3) is 0.200. The highest BCUT2D eigenvalue weighted by molar-refractivity contribution is 6.39. The van der Waals surface area contributed by atoms with E-state index in [1.807, 2.05) is 18.2 Å². The van der Waals surface area contributed by atoms with E-state index in [9.17, 15) is 9.59 Å². The lowest BCUT2D eigenvalue weighted by Crippen LogP contribution is -2.44. The summed E-state index contributed by atoms with van der Waals surface area (Å²) in [6.45, 7) is 0. The first kappa shape index (κ1) is 17.7. The zero-order chi connectivity index (χ0) is 19.3. The van der Waals surface area contributed by atoms with Gasteiger partial charge >= 0.3 is 11.8 Å². The van der Waals surface area contributed by atoms with E-state index in [1.165, 1.54) is 6.20 Å². The standard InChI is InChI=1S/C20H19N5O3/c26-19(23-14-7-6-13-12-22-25-17(13)10-14)20(27)24-15-8-9-21-18(11-15)28-16-4-2-1-3-5-16/h1-5,8-9,11-12,14H,6-7,10H2,(H,22,25)(H,23,26)(H,21,24,27). The van der Waals surface area contributed by atoms with Crippen molar-refractivity contribution in [3.63, 3.8) is 0 Å². The maximum atomic E-state index is 12.2. The van der Waals surface area contributed by atoms with E-state index in [0.29, 0.717) is 23.7 Å². The number of nitrogens with zero attached hydrogens (tertiary/aromatic N) is 2. The first-order chi connectivity index (χ1) is 13.7. The number of fused-ring (bicyclic) bond motifs is 1. The zero-order valence-corrected chi connectivity index (χ0v) is 15.0. The second kappa shape index (κ2) is 7.91. The van der Waals surface area contributed by atoms with Crippen molar-refractivity contribution >= 4 is 17.5 Å². The Labute approximate surface area is 161 Å². The Kier molecular flexibility index (Phi) is 5.01. The normalized spacial score (nSPS) is 15.4. The van der Waals surface area contributed by atoms with Crippen LogP contribution in [0.15, 0.2) is 54.9 Å². The largest absolute Gasteiger partial charge is 0.439 e. The first-order valence-electron chi connectivity index (χ1n) is 8.99. The van der Waals surface area contributed by atoms with Gasteiger partial charge in [0, 0.05) is 36.1 Å². The van der Waals surface area contributed by atoms with Crippen molar-refractivity contribution < 1.29 is 14.3 Å². The van der Waals surface area contributed by atoms with Gasteiger partial charge in [0.1, 0.15) is 5.75 Å². The van der Waals surface area contributed by atoms with Crippen molar-refractivity contribution in [2.45, 2.75) is 25.3 Å². The molecule has 2 heterocycles. The Morgan fingerprint density at radius 2 is 2.00 bits per heavy atom. The van der Waals surface area contributed by atoms with Crippen LogP contribution < -0.4 is 15.4 Å². The number of hydrogen-bond donors (Lipinski definition) is 3. The molecule has 0 bridgehead atoms. The molecule has 3 aromatic rings. The molecule has 1 atom stereocenters. The number of rotatable bonds is 4. The minimum atomic E-state index is -0.729. The molecule has 0 saturated carbocycles. The number of aromatic nitrogens is 3. The molecular weight excluding hydrogens is 358 g/mol. The second-order valence-corrected chi connectivity index (χ2v) is 6.54. The third-order valence-corrected chi connectivity index (χ3v) is 4.52. The molecule has 8 nitrogen and oxygen atoms in total. The van der Waals surface area contributed by atoms with Gasteiger partial charge in [-0.2, -0.15) is 5.10 Å². The number of carbonyl (C=O) groups excluding carboxylic acids is 2. The van der Waals surface area contributed by atoms with Gasteiger partial charge in [0.15, 0.2) is 0 Å². The van der Waals surface area contributed by atoms with Crippen LogP contribution in [0.2, 0.25) is 0 Å². The summed E-state index contributed by atoms with van der Waals surface area (Å²) in [4.78, 5) is 28.6. The lowest BCUT2D eigenvalue weighted by molar-refractivity contribution is -0.136. The molecule has 28 heavy (non-hydrogen) atoms. The number of anilines is 1. The van der Waals surface area contributed by atoms with Crippen LogP contribution in [-0.4, -0.2) is 33.0 Å². The summed E-state index contributed by atoms with van der Waals surface area (Å²) in [6.07, 6.45) is 5.54. The summed E-state index contributed by atoms with van der Waals surface area (Å²) < 4.78 is 5.64. The molecule has 4 rings (SSSR count). The molecule has 0 aliphatic heterocycles. The molecule has 1 unspecified atom stereocenters. The van der Waals surface area contributed by atoms with Crippen molar-refractivity contribution in [3.05, 3.63) is 66.1 Å². The molecule has 0 spiro atoms. The molecule has 8 heteroatoms. The Bertz CT molecular complexity index is 986. The third kappa shape index (κ3) is 4.17. The summed E-state index contributed by atoms with van der Waals surface area (Å²) in [7, 11) is 0. The number of aromatic amines is 1. The molecule has 0 radical (unpaired) electrons. The Hall–Kier alpha value is -3.68. The Morgan fingerprint density at radius 3 is 2.86 bits per heavy atom. The fourth-order valence-electron chi connectivity index (χ4n) is 3.12. The molecule has 1 aliphatic rings. The number of benzene rings is 1. The number of nitrogens with one attached hydrogen (secondary N) is 3. The highest BCUT2D eigenvalue weighted by Crippen LogP contribution is 2.21. The second-order valence-electron chi connectivity index (χ2n) is 6.54. The summed E-state index contributed by atoms with van der Waals surface area (Å²) >= 11 is 0. The molecule has 0 saturated heterocycles. The lowest BCUT2D eigenvalue weighted by Gasteiger charge is -2.22. The maximum Gasteiger partial charge on any atom is 0.313 e. The van der Waals surface area contributed by atoms with Gasteiger partial charge < -0.3 is 15.4 Å². The Balaban J connectivity index is 1.34. The van der Waals surface area contributed by atoms with Gasteiger partial charge in [0.05, 0.1) is 6.20 Å². The van der Waals surface area contributed by atoms with Gasteiger partial charge in [-0.25, -0.2) is 4.98 Å². The molecule has 2 amide bonds. The minimum Gasteiger partial charge on any atom is -0.439 e. The maximum absolute atomic E-state index is 12.2. The molecule has 1 aromatic carbocycles. The number of hydrogen-bond acceptors (Lipinski definition) is 5. The van der Waals surface area contributed by atoms with Crippen molar-refractivity contribution in [1.82, 2.24) is 20.5 Å². The molecular formula is C20H19N5O3. The van der Waals surface area contributed by atoms with E-state index in [1.54, 1.807) is 30.5 Å². The van der Waals surface area contributed by atoms with Crippen LogP contribution in [0, 0.1) is 0 Å². The summed E-state index contributed by atoms with van der Waals surface area (Å²) in [5, 5.41) is 12.3. The number of amides is 2. The predicted molar refractivity (Wildman–Crippen MR) is 102 cm³/mol. The topological polar surface area (TPSA) is 109 Å². The summed E-state index contributed by atoms with van der Waals surface area (Å²) in [5.41, 5.74) is 2.60. The quantitative estimate of drug-likeness (QED) is 0.604. The molecule has 0 fully saturated rings. The molecule has 1 aliphatic carbocycles. The number of ether oxygens (including phenoxy) is 1. The van der Waals surface area contributed by atoms with Gasteiger partial charge in [-0.05, 0) is 36.6 Å². The van der Waals surface area contributed by atoms with Crippen LogP contribution in [0.1, 0.15) is 17.7 Å². The predicted octanol–water partition coefficient (Wildman–Crippen LogP) is 2.21. The number of para-hydroxylation sites is 1. The van der Waals surface area contributed by atoms with E-state index >= 15 is 0 Å². The summed E-state index contributed by atoms with van der Waals surface area (Å²) in [5.74, 6) is -0.447. The van der Waals surface area contributed by atoms with E-state index in [0.717, 1.165) is 24.1 Å². The summed E-state index contributed by atoms with van der Waals surface area (Å²) in [6, 6.07) is 12.3. The van der Waals surface area contributed by atoms with Crippen LogP contribution in [0.3, 0.4) is 0 Å². The number of H-pyrrole nitrogens is 1. The van der Waals surface area contributed by atoms with Gasteiger partial charge in [0.2, 0.25) is 5.88 Å². The van der Waals surface area contributed by atoms with E-state index in [-0.39, 0.29) is 6.04 Å². The third-order valence-electron chi connectivity index (χ3n) is 4.52. The van der Waals surface area contributed by atoms with Crippen LogP contribution in [0.25, 0.3) is 0 Å². The van der Waals surface area contributed by atoms with Gasteiger partial charge in [-0.1, -0.05) is 18.2 Å². The van der Waals surface area contributed by atoms with Crippen LogP contribution >= 0.6 is 0 Å². The van der Waals surface area contributed by atoms with Crippen LogP contribution in [0.4, 0.5) is 5.69 Å². The van der Waals surface area contributed by atoms with Crippen molar-refractivity contribution in [3.8, 4) is 11.6 Å².